The standard InChI is InChI=1S/C25H26N4O2/c1-4-18(3)19-7-12-22(13-8-19)31-16-25(30)26-20-9-14-23-24(15-20)28-29(27-23)21-10-5-17(2)6-11-21/h5-15,18H,4,16H2,1-3H3,(H,26,30). The number of anilines is 1. The van der Waals surface area contributed by atoms with E-state index >= 15 is 0 Å². The minimum atomic E-state index is -0.226. The van der Waals surface area contributed by atoms with E-state index in [-0.39, 0.29) is 12.5 Å². The van der Waals surface area contributed by atoms with E-state index in [0.717, 1.165) is 17.6 Å². The molecule has 1 N–H and O–H groups in total. The summed E-state index contributed by atoms with van der Waals surface area (Å²) in [6.07, 6.45) is 1.09. The van der Waals surface area contributed by atoms with E-state index in [1.54, 1.807) is 4.80 Å². The summed E-state index contributed by atoms with van der Waals surface area (Å²) in [5.74, 6) is 0.964. The van der Waals surface area contributed by atoms with Crippen LogP contribution in [0.2, 0.25) is 0 Å². The third kappa shape index (κ3) is 4.91. The van der Waals surface area contributed by atoms with Crippen LogP contribution in [0, 0.1) is 6.92 Å². The van der Waals surface area contributed by atoms with Crippen molar-refractivity contribution < 1.29 is 9.53 Å². The molecule has 0 aliphatic rings. The van der Waals surface area contributed by atoms with Gasteiger partial charge in [-0.1, -0.05) is 43.7 Å². The van der Waals surface area contributed by atoms with Crippen LogP contribution in [0.25, 0.3) is 16.7 Å². The first-order valence-corrected chi connectivity index (χ1v) is 10.5. The van der Waals surface area contributed by atoms with Gasteiger partial charge in [-0.15, -0.1) is 10.2 Å². The van der Waals surface area contributed by atoms with Crippen LogP contribution in [0.4, 0.5) is 5.69 Å². The average molecular weight is 415 g/mol. The van der Waals surface area contributed by atoms with E-state index in [4.69, 9.17) is 4.74 Å². The maximum absolute atomic E-state index is 12.3. The summed E-state index contributed by atoms with van der Waals surface area (Å²) in [5, 5.41) is 11.9. The number of aromatic nitrogens is 3. The van der Waals surface area contributed by atoms with Gasteiger partial charge in [0, 0.05) is 5.69 Å². The van der Waals surface area contributed by atoms with Gasteiger partial charge >= 0.3 is 0 Å². The fourth-order valence-electron chi connectivity index (χ4n) is 3.26. The van der Waals surface area contributed by atoms with Gasteiger partial charge in [0.05, 0.1) is 5.69 Å². The summed E-state index contributed by atoms with van der Waals surface area (Å²) < 4.78 is 5.62. The molecule has 158 valence electrons. The van der Waals surface area contributed by atoms with Gasteiger partial charge in [0.2, 0.25) is 0 Å². The predicted molar refractivity (Wildman–Crippen MR) is 123 cm³/mol. The molecule has 3 aromatic carbocycles. The molecule has 31 heavy (non-hydrogen) atoms. The molecule has 1 amide bonds. The van der Waals surface area contributed by atoms with Gasteiger partial charge in [-0.3, -0.25) is 4.79 Å². The van der Waals surface area contributed by atoms with E-state index in [1.165, 1.54) is 11.1 Å². The van der Waals surface area contributed by atoms with Crippen molar-refractivity contribution in [2.24, 2.45) is 0 Å². The van der Waals surface area contributed by atoms with Gasteiger partial charge in [-0.25, -0.2) is 0 Å². The number of carbonyl (C=O) groups is 1. The molecule has 6 heteroatoms. The van der Waals surface area contributed by atoms with Gasteiger partial charge < -0.3 is 10.1 Å². The second kappa shape index (κ2) is 9.00. The normalized spacial score (nSPS) is 12.0. The summed E-state index contributed by atoms with van der Waals surface area (Å²) >= 11 is 0. The van der Waals surface area contributed by atoms with E-state index in [1.807, 2.05) is 73.7 Å². The smallest absolute Gasteiger partial charge is 0.262 e. The van der Waals surface area contributed by atoms with E-state index in [2.05, 4.69) is 29.4 Å². The molecule has 1 aromatic heterocycles. The Morgan fingerprint density at radius 1 is 1.00 bits per heavy atom. The minimum absolute atomic E-state index is 0.0588. The topological polar surface area (TPSA) is 69.0 Å². The van der Waals surface area contributed by atoms with Gasteiger partial charge in [0.15, 0.2) is 6.61 Å². The van der Waals surface area contributed by atoms with E-state index in [0.29, 0.717) is 22.9 Å². The molecule has 0 saturated carbocycles. The SMILES string of the molecule is CCC(C)c1ccc(OCC(=O)Nc2ccc3nn(-c4ccc(C)cc4)nc3c2)cc1. The quantitative estimate of drug-likeness (QED) is 0.448. The number of nitrogens with one attached hydrogen (secondary N) is 1. The molecule has 0 aliphatic carbocycles. The van der Waals surface area contributed by atoms with Crippen molar-refractivity contribution in [1.82, 2.24) is 15.0 Å². The molecule has 1 heterocycles. The lowest BCUT2D eigenvalue weighted by atomic mass is 9.99. The van der Waals surface area contributed by atoms with Gasteiger partial charge in [-0.2, -0.15) is 4.80 Å². The first kappa shape index (κ1) is 20.6. The maximum Gasteiger partial charge on any atom is 0.262 e. The molecule has 1 atom stereocenters. The van der Waals surface area contributed by atoms with E-state index in [9.17, 15) is 4.79 Å². The number of nitrogens with zero attached hydrogens (tertiary/aromatic N) is 3. The lowest BCUT2D eigenvalue weighted by Gasteiger charge is -2.11. The maximum atomic E-state index is 12.3. The Hall–Kier alpha value is -3.67. The highest BCUT2D eigenvalue weighted by Gasteiger charge is 2.09. The zero-order valence-corrected chi connectivity index (χ0v) is 18.0. The van der Waals surface area contributed by atoms with Gasteiger partial charge in [0.1, 0.15) is 16.8 Å². The zero-order chi connectivity index (χ0) is 21.8. The highest BCUT2D eigenvalue weighted by atomic mass is 16.5. The molecule has 6 nitrogen and oxygen atoms in total. The monoisotopic (exact) mass is 414 g/mol. The van der Waals surface area contributed by atoms with Crippen LogP contribution in [0.3, 0.4) is 0 Å². The number of ether oxygens (including phenoxy) is 1. The van der Waals surface area contributed by atoms with Crippen molar-refractivity contribution in [1.29, 1.82) is 0 Å². The van der Waals surface area contributed by atoms with Crippen molar-refractivity contribution in [2.45, 2.75) is 33.1 Å². The van der Waals surface area contributed by atoms with Crippen LogP contribution in [0.5, 0.6) is 5.75 Å². The number of fused-ring (bicyclic) bond motifs is 1. The number of aryl methyl sites for hydroxylation is 1. The Morgan fingerprint density at radius 3 is 2.42 bits per heavy atom. The minimum Gasteiger partial charge on any atom is -0.484 e. The summed E-state index contributed by atoms with van der Waals surface area (Å²) in [6, 6.07) is 21.4. The Bertz CT molecular complexity index is 1180. The second-order valence-electron chi connectivity index (χ2n) is 7.74. The third-order valence-corrected chi connectivity index (χ3v) is 5.36. The summed E-state index contributed by atoms with van der Waals surface area (Å²) in [4.78, 5) is 13.9. The summed E-state index contributed by atoms with van der Waals surface area (Å²) in [6.45, 7) is 6.34. The van der Waals surface area contributed by atoms with E-state index < -0.39 is 0 Å². The zero-order valence-electron chi connectivity index (χ0n) is 18.0. The Morgan fingerprint density at radius 2 is 1.71 bits per heavy atom. The molecule has 0 aliphatic heterocycles. The first-order valence-electron chi connectivity index (χ1n) is 10.5. The van der Waals surface area contributed by atoms with Crippen LogP contribution in [0.15, 0.2) is 66.7 Å². The van der Waals surface area contributed by atoms with Gasteiger partial charge in [-0.05, 0) is 67.3 Å². The Kier molecular flexibility index (Phi) is 5.98. The van der Waals surface area contributed by atoms with Crippen LogP contribution < -0.4 is 10.1 Å². The summed E-state index contributed by atoms with van der Waals surface area (Å²) in [7, 11) is 0. The Labute approximate surface area is 181 Å². The summed E-state index contributed by atoms with van der Waals surface area (Å²) in [5.41, 5.74) is 5.46. The number of rotatable bonds is 7. The molecule has 0 fully saturated rings. The third-order valence-electron chi connectivity index (χ3n) is 5.36. The largest absolute Gasteiger partial charge is 0.484 e. The number of carbonyl (C=O) groups excluding carboxylic acids is 1. The number of hydrogen-bond acceptors (Lipinski definition) is 4. The number of amides is 1. The van der Waals surface area contributed by atoms with Crippen molar-refractivity contribution >= 4 is 22.6 Å². The van der Waals surface area contributed by atoms with Crippen molar-refractivity contribution in [3.8, 4) is 11.4 Å². The molecule has 1 unspecified atom stereocenters. The van der Waals surface area contributed by atoms with Crippen LogP contribution in [-0.2, 0) is 4.79 Å². The predicted octanol–water partition coefficient (Wildman–Crippen LogP) is 5.26. The van der Waals surface area contributed by atoms with Crippen molar-refractivity contribution in [3.05, 3.63) is 77.9 Å². The fraction of sp³-hybridized carbons (Fsp3) is 0.240. The highest BCUT2D eigenvalue weighted by Crippen LogP contribution is 2.22. The fourth-order valence-corrected chi connectivity index (χ4v) is 3.26. The molecule has 4 rings (SSSR count). The van der Waals surface area contributed by atoms with Gasteiger partial charge in [0.25, 0.3) is 5.91 Å². The molecule has 0 radical (unpaired) electrons. The average Bonchev–Trinajstić information content (AvgIpc) is 3.21. The lowest BCUT2D eigenvalue weighted by molar-refractivity contribution is -0.118. The van der Waals surface area contributed by atoms with Crippen molar-refractivity contribution in [2.75, 3.05) is 11.9 Å². The molecule has 0 spiro atoms. The Balaban J connectivity index is 1.38. The molecule has 4 aromatic rings. The highest BCUT2D eigenvalue weighted by molar-refractivity contribution is 5.93. The van der Waals surface area contributed by atoms with Crippen LogP contribution in [-0.4, -0.2) is 27.5 Å². The molecular weight excluding hydrogens is 388 g/mol. The second-order valence-corrected chi connectivity index (χ2v) is 7.74. The first-order chi connectivity index (χ1) is 15.0. The van der Waals surface area contributed by atoms with Crippen molar-refractivity contribution in [3.63, 3.8) is 0 Å². The van der Waals surface area contributed by atoms with Crippen LogP contribution >= 0.6 is 0 Å². The molecular formula is C25H26N4O2. The molecule has 0 saturated heterocycles. The molecule has 0 bridgehead atoms. The number of hydrogen-bond donors (Lipinski definition) is 1. The van der Waals surface area contributed by atoms with Crippen LogP contribution in [0.1, 0.15) is 37.3 Å². The lowest BCUT2D eigenvalue weighted by Crippen LogP contribution is -2.20. The number of benzene rings is 3.